The molecule has 0 radical (unpaired) electrons. The van der Waals surface area contributed by atoms with Crippen LogP contribution in [0.15, 0.2) is 48.6 Å². The van der Waals surface area contributed by atoms with Gasteiger partial charge in [-0.1, -0.05) is 18.7 Å². The summed E-state index contributed by atoms with van der Waals surface area (Å²) in [5.74, 6) is 1.12. The van der Waals surface area contributed by atoms with Gasteiger partial charge in [-0.3, -0.25) is 0 Å². The zero-order chi connectivity index (χ0) is 17.4. The summed E-state index contributed by atoms with van der Waals surface area (Å²) >= 11 is 0. The summed E-state index contributed by atoms with van der Waals surface area (Å²) in [7, 11) is 1.64. The number of fused-ring (bicyclic) bond motifs is 1. The molecule has 0 N–H and O–H groups in total. The molecule has 0 amide bonds. The van der Waals surface area contributed by atoms with Crippen LogP contribution in [0, 0.1) is 0 Å². The first-order valence-electron chi connectivity index (χ1n) is 7.72. The Morgan fingerprint density at radius 3 is 2.58 bits per heavy atom. The summed E-state index contributed by atoms with van der Waals surface area (Å²) < 4.78 is 21.3. The standard InChI is InChI=1S/C19H22O5/c1-14(2)19(20)24-12-11-22-16-7-8-17-15(13-16)5-4-6-18(17)23-10-9-21-3/h4-8,13H,1,9-12H2,2-3H3. The minimum absolute atomic E-state index is 0.184. The predicted octanol–water partition coefficient (Wildman–Crippen LogP) is 3.36. The average molecular weight is 330 g/mol. The molecule has 0 saturated heterocycles. The molecule has 128 valence electrons. The maximum atomic E-state index is 11.3. The second-order valence-corrected chi connectivity index (χ2v) is 5.25. The van der Waals surface area contributed by atoms with Gasteiger partial charge >= 0.3 is 5.97 Å². The molecule has 0 fully saturated rings. The van der Waals surface area contributed by atoms with Crippen molar-refractivity contribution in [1.82, 2.24) is 0 Å². The minimum Gasteiger partial charge on any atom is -0.491 e. The molecule has 0 aliphatic rings. The molecule has 2 rings (SSSR count). The van der Waals surface area contributed by atoms with Gasteiger partial charge in [0, 0.05) is 18.1 Å². The Labute approximate surface area is 141 Å². The van der Waals surface area contributed by atoms with Crippen molar-refractivity contribution in [2.24, 2.45) is 0 Å². The number of hydrogen-bond acceptors (Lipinski definition) is 5. The Bertz CT molecular complexity index is 708. The maximum Gasteiger partial charge on any atom is 0.333 e. The van der Waals surface area contributed by atoms with E-state index in [4.69, 9.17) is 18.9 Å². The zero-order valence-corrected chi connectivity index (χ0v) is 14.0. The number of rotatable bonds is 9. The smallest absolute Gasteiger partial charge is 0.333 e. The Hall–Kier alpha value is -2.53. The summed E-state index contributed by atoms with van der Waals surface area (Å²) in [6.07, 6.45) is 0. The average Bonchev–Trinajstić information content (AvgIpc) is 2.58. The SMILES string of the molecule is C=C(C)C(=O)OCCOc1ccc2c(OCCOC)cccc2c1. The number of ether oxygens (including phenoxy) is 4. The van der Waals surface area contributed by atoms with E-state index in [1.54, 1.807) is 14.0 Å². The lowest BCUT2D eigenvalue weighted by Gasteiger charge is -2.11. The van der Waals surface area contributed by atoms with Gasteiger partial charge < -0.3 is 18.9 Å². The number of carbonyl (C=O) groups is 1. The molecule has 0 heterocycles. The Morgan fingerprint density at radius 2 is 1.83 bits per heavy atom. The fraction of sp³-hybridized carbons (Fsp3) is 0.316. The molecule has 0 spiro atoms. The summed E-state index contributed by atoms with van der Waals surface area (Å²) in [6, 6.07) is 11.6. The molecular formula is C19H22O5. The molecule has 2 aromatic carbocycles. The van der Waals surface area contributed by atoms with E-state index >= 15 is 0 Å². The molecule has 0 bridgehead atoms. The number of carbonyl (C=O) groups excluding carboxylic acids is 1. The van der Waals surface area contributed by atoms with Gasteiger partial charge in [-0.15, -0.1) is 0 Å². The molecule has 0 saturated carbocycles. The molecule has 0 aliphatic carbocycles. The van der Waals surface area contributed by atoms with Crippen molar-refractivity contribution in [3.63, 3.8) is 0 Å². The highest BCUT2D eigenvalue weighted by atomic mass is 16.6. The van der Waals surface area contributed by atoms with E-state index in [0.717, 1.165) is 16.5 Å². The van der Waals surface area contributed by atoms with Crippen molar-refractivity contribution in [2.45, 2.75) is 6.92 Å². The van der Waals surface area contributed by atoms with Crippen molar-refractivity contribution in [1.29, 1.82) is 0 Å². The normalized spacial score (nSPS) is 10.4. The van der Waals surface area contributed by atoms with Gasteiger partial charge in [-0.05, 0) is 36.6 Å². The highest BCUT2D eigenvalue weighted by Crippen LogP contribution is 2.28. The van der Waals surface area contributed by atoms with E-state index < -0.39 is 5.97 Å². The van der Waals surface area contributed by atoms with Crippen molar-refractivity contribution in [3.05, 3.63) is 48.6 Å². The summed E-state index contributed by atoms with van der Waals surface area (Å²) in [6.45, 7) is 6.65. The molecule has 5 heteroatoms. The number of benzene rings is 2. The first-order chi connectivity index (χ1) is 11.6. The fourth-order valence-electron chi connectivity index (χ4n) is 2.10. The van der Waals surface area contributed by atoms with Crippen LogP contribution in [0.2, 0.25) is 0 Å². The molecule has 0 aromatic heterocycles. The molecule has 0 aliphatic heterocycles. The van der Waals surface area contributed by atoms with Crippen LogP contribution in [0.25, 0.3) is 10.8 Å². The molecule has 0 atom stereocenters. The summed E-state index contributed by atoms with van der Waals surface area (Å²) in [5, 5.41) is 2.02. The van der Waals surface area contributed by atoms with E-state index in [-0.39, 0.29) is 13.2 Å². The molecule has 0 unspecified atom stereocenters. The second kappa shape index (κ2) is 8.93. The predicted molar refractivity (Wildman–Crippen MR) is 92.6 cm³/mol. The van der Waals surface area contributed by atoms with E-state index in [1.165, 1.54) is 0 Å². The second-order valence-electron chi connectivity index (χ2n) is 5.25. The van der Waals surface area contributed by atoms with E-state index in [1.807, 2.05) is 36.4 Å². The van der Waals surface area contributed by atoms with Crippen LogP contribution in [0.4, 0.5) is 0 Å². The van der Waals surface area contributed by atoms with Gasteiger partial charge in [-0.2, -0.15) is 0 Å². The Balaban J connectivity index is 1.96. The zero-order valence-electron chi connectivity index (χ0n) is 14.0. The van der Waals surface area contributed by atoms with Gasteiger partial charge in [0.25, 0.3) is 0 Å². The Morgan fingerprint density at radius 1 is 1.04 bits per heavy atom. The van der Waals surface area contributed by atoms with Crippen molar-refractivity contribution >= 4 is 16.7 Å². The van der Waals surface area contributed by atoms with Crippen molar-refractivity contribution in [2.75, 3.05) is 33.5 Å². The summed E-state index contributed by atoms with van der Waals surface area (Å²) in [4.78, 5) is 11.3. The molecular weight excluding hydrogens is 308 g/mol. The molecule has 24 heavy (non-hydrogen) atoms. The first-order valence-corrected chi connectivity index (χ1v) is 7.72. The monoisotopic (exact) mass is 330 g/mol. The van der Waals surface area contributed by atoms with Gasteiger partial charge in [-0.25, -0.2) is 4.79 Å². The van der Waals surface area contributed by atoms with E-state index in [9.17, 15) is 4.79 Å². The minimum atomic E-state index is -0.407. The lowest BCUT2D eigenvalue weighted by atomic mass is 10.1. The van der Waals surface area contributed by atoms with Gasteiger partial charge in [0.15, 0.2) is 0 Å². The third-order valence-corrected chi connectivity index (χ3v) is 3.29. The van der Waals surface area contributed by atoms with Crippen LogP contribution >= 0.6 is 0 Å². The third kappa shape index (κ3) is 4.99. The topological polar surface area (TPSA) is 54.0 Å². The number of methoxy groups -OCH3 is 1. The van der Waals surface area contributed by atoms with Crippen molar-refractivity contribution < 1.29 is 23.7 Å². The van der Waals surface area contributed by atoms with Gasteiger partial charge in [0.05, 0.1) is 6.61 Å². The van der Waals surface area contributed by atoms with E-state index in [2.05, 4.69) is 6.58 Å². The first kappa shape index (κ1) is 17.8. The van der Waals surface area contributed by atoms with Crippen LogP contribution in [-0.4, -0.2) is 39.5 Å². The van der Waals surface area contributed by atoms with E-state index in [0.29, 0.717) is 24.5 Å². The number of esters is 1. The highest BCUT2D eigenvalue weighted by molar-refractivity contribution is 5.89. The lowest BCUT2D eigenvalue weighted by Crippen LogP contribution is -2.12. The molecule has 5 nitrogen and oxygen atoms in total. The summed E-state index contributed by atoms with van der Waals surface area (Å²) in [5.41, 5.74) is 0.377. The van der Waals surface area contributed by atoms with Gasteiger partial charge in [0.1, 0.15) is 31.3 Å². The van der Waals surface area contributed by atoms with Crippen LogP contribution in [-0.2, 0) is 14.3 Å². The largest absolute Gasteiger partial charge is 0.491 e. The third-order valence-electron chi connectivity index (χ3n) is 3.29. The molecule has 2 aromatic rings. The van der Waals surface area contributed by atoms with Crippen LogP contribution in [0.5, 0.6) is 11.5 Å². The van der Waals surface area contributed by atoms with Crippen LogP contribution < -0.4 is 9.47 Å². The maximum absolute atomic E-state index is 11.3. The van der Waals surface area contributed by atoms with Crippen LogP contribution in [0.1, 0.15) is 6.92 Å². The van der Waals surface area contributed by atoms with Gasteiger partial charge in [0.2, 0.25) is 0 Å². The number of hydrogen-bond donors (Lipinski definition) is 0. The Kier molecular flexibility index (Phi) is 6.63. The lowest BCUT2D eigenvalue weighted by molar-refractivity contribution is -0.139. The quantitative estimate of drug-likeness (QED) is 0.401. The fourth-order valence-corrected chi connectivity index (χ4v) is 2.10. The van der Waals surface area contributed by atoms with Crippen LogP contribution in [0.3, 0.4) is 0 Å². The van der Waals surface area contributed by atoms with Crippen molar-refractivity contribution in [3.8, 4) is 11.5 Å². The highest BCUT2D eigenvalue weighted by Gasteiger charge is 2.05.